The molecule has 2 aromatic carbocycles. The van der Waals surface area contributed by atoms with Crippen molar-refractivity contribution in [2.45, 2.75) is 18.9 Å². The fraction of sp³-hybridized carbons (Fsp3) is 0.238. The van der Waals surface area contributed by atoms with Gasteiger partial charge in [0, 0.05) is 42.3 Å². The monoisotopic (exact) mass is 376 g/mol. The van der Waals surface area contributed by atoms with Crippen LogP contribution in [0, 0.1) is 10.1 Å². The number of hydrogen-bond donors (Lipinski definition) is 0. The van der Waals surface area contributed by atoms with Gasteiger partial charge in [-0.05, 0) is 25.0 Å². The second-order valence-electron chi connectivity index (χ2n) is 6.65. The predicted octanol–water partition coefficient (Wildman–Crippen LogP) is 4.05. The van der Waals surface area contributed by atoms with Crippen molar-refractivity contribution in [1.29, 1.82) is 0 Å². The first kappa shape index (κ1) is 18.1. The zero-order chi connectivity index (χ0) is 19.3. The third kappa shape index (κ3) is 3.99. The van der Waals surface area contributed by atoms with Crippen LogP contribution in [0.1, 0.15) is 18.4 Å². The molecule has 3 aromatic rings. The van der Waals surface area contributed by atoms with Gasteiger partial charge in [-0.3, -0.25) is 15.1 Å². The van der Waals surface area contributed by atoms with E-state index in [0.717, 1.165) is 30.7 Å². The Hall–Kier alpha value is -3.32. The van der Waals surface area contributed by atoms with E-state index in [1.165, 1.54) is 12.1 Å². The minimum absolute atomic E-state index is 0.0361. The van der Waals surface area contributed by atoms with E-state index >= 15 is 0 Å². The molecule has 0 aliphatic carbocycles. The first-order chi connectivity index (χ1) is 13.7. The Bertz CT molecular complexity index is 992. The quantitative estimate of drug-likeness (QED) is 0.369. The van der Waals surface area contributed by atoms with E-state index in [1.807, 2.05) is 42.6 Å². The molecular formula is C21H20N4O3. The molecule has 4 rings (SSSR count). The fourth-order valence-electron chi connectivity index (χ4n) is 3.24. The van der Waals surface area contributed by atoms with E-state index in [4.69, 9.17) is 4.74 Å². The van der Waals surface area contributed by atoms with Crippen LogP contribution in [-0.2, 0) is 4.74 Å². The van der Waals surface area contributed by atoms with Crippen LogP contribution in [0.3, 0.4) is 0 Å². The van der Waals surface area contributed by atoms with Crippen molar-refractivity contribution in [1.82, 2.24) is 9.78 Å². The highest BCUT2D eigenvalue weighted by molar-refractivity contribution is 5.89. The van der Waals surface area contributed by atoms with Gasteiger partial charge in [0.05, 0.1) is 23.3 Å². The number of non-ortho nitro benzene ring substituents is 1. The van der Waals surface area contributed by atoms with Crippen LogP contribution >= 0.6 is 0 Å². The molecule has 0 radical (unpaired) electrons. The zero-order valence-corrected chi connectivity index (χ0v) is 15.3. The highest BCUT2D eigenvalue weighted by atomic mass is 16.6. The molecule has 1 fully saturated rings. The maximum absolute atomic E-state index is 11.2. The van der Waals surface area contributed by atoms with Gasteiger partial charge in [-0.1, -0.05) is 30.3 Å². The van der Waals surface area contributed by atoms with Crippen LogP contribution in [0.2, 0.25) is 0 Å². The molecule has 0 bridgehead atoms. The lowest BCUT2D eigenvalue weighted by atomic mass is 10.1. The summed E-state index contributed by atoms with van der Waals surface area (Å²) < 4.78 is 7.38. The van der Waals surface area contributed by atoms with Crippen molar-refractivity contribution in [3.05, 3.63) is 76.5 Å². The van der Waals surface area contributed by atoms with Gasteiger partial charge in [0.2, 0.25) is 0 Å². The Labute approximate surface area is 162 Å². The predicted molar refractivity (Wildman–Crippen MR) is 107 cm³/mol. The van der Waals surface area contributed by atoms with E-state index in [0.29, 0.717) is 17.8 Å². The molecule has 7 nitrogen and oxygen atoms in total. The molecule has 1 unspecified atom stereocenters. The Kier molecular flexibility index (Phi) is 5.25. The van der Waals surface area contributed by atoms with Crippen molar-refractivity contribution in [3.8, 4) is 16.9 Å². The maximum Gasteiger partial charge on any atom is 0.270 e. The van der Waals surface area contributed by atoms with Gasteiger partial charge in [-0.25, -0.2) is 4.68 Å². The third-order valence-electron chi connectivity index (χ3n) is 4.66. The molecular weight excluding hydrogens is 356 g/mol. The van der Waals surface area contributed by atoms with Crippen LogP contribution in [0.15, 0.2) is 65.8 Å². The number of hydrogen-bond acceptors (Lipinski definition) is 5. The lowest BCUT2D eigenvalue weighted by molar-refractivity contribution is -0.384. The second kappa shape index (κ2) is 8.14. The number of rotatable bonds is 6. The maximum atomic E-state index is 11.2. The minimum Gasteiger partial charge on any atom is -0.376 e. The van der Waals surface area contributed by atoms with Crippen molar-refractivity contribution < 1.29 is 9.66 Å². The van der Waals surface area contributed by atoms with Crippen LogP contribution in [0.25, 0.3) is 16.9 Å². The summed E-state index contributed by atoms with van der Waals surface area (Å²) >= 11 is 0. The molecule has 1 atom stereocenters. The number of benzene rings is 2. The average molecular weight is 376 g/mol. The largest absolute Gasteiger partial charge is 0.376 e. The molecule has 7 heteroatoms. The molecule has 1 aliphatic heterocycles. The van der Waals surface area contributed by atoms with Crippen LogP contribution < -0.4 is 0 Å². The van der Waals surface area contributed by atoms with Crippen LogP contribution in [-0.4, -0.2) is 40.2 Å². The molecule has 1 aromatic heterocycles. The Balaban J connectivity index is 1.70. The minimum atomic E-state index is -0.400. The summed E-state index contributed by atoms with van der Waals surface area (Å²) in [7, 11) is 0. The van der Waals surface area contributed by atoms with Crippen molar-refractivity contribution in [3.63, 3.8) is 0 Å². The smallest absolute Gasteiger partial charge is 0.270 e. The fourth-order valence-corrected chi connectivity index (χ4v) is 3.24. The molecule has 1 saturated heterocycles. The standard InChI is InChI=1S/C21H20N4O3/c26-25(27)19-9-4-6-16(12-19)21-17(13-22-14-20-10-5-11-28-20)15-24(23-21)18-7-2-1-3-8-18/h1-4,6-9,12-13,15,20H,5,10-11,14H2. The molecule has 28 heavy (non-hydrogen) atoms. The van der Waals surface area contributed by atoms with Gasteiger partial charge in [0.25, 0.3) is 5.69 Å². The van der Waals surface area contributed by atoms with Crippen molar-refractivity contribution >= 4 is 11.9 Å². The SMILES string of the molecule is O=[N+]([O-])c1cccc(-c2nn(-c3ccccc3)cc2C=NCC2CCCO2)c1. The Morgan fingerprint density at radius 1 is 1.25 bits per heavy atom. The van der Waals surface area contributed by atoms with Gasteiger partial charge in [0.15, 0.2) is 0 Å². The van der Waals surface area contributed by atoms with Crippen LogP contribution in [0.5, 0.6) is 0 Å². The molecule has 142 valence electrons. The van der Waals surface area contributed by atoms with E-state index in [1.54, 1.807) is 17.0 Å². The number of para-hydroxylation sites is 1. The highest BCUT2D eigenvalue weighted by Gasteiger charge is 2.16. The normalized spacial score (nSPS) is 16.6. The number of ether oxygens (including phenoxy) is 1. The van der Waals surface area contributed by atoms with Crippen molar-refractivity contribution in [2.75, 3.05) is 13.2 Å². The summed E-state index contributed by atoms with van der Waals surface area (Å²) in [6, 6.07) is 16.2. The number of aliphatic imine (C=N–C) groups is 1. The summed E-state index contributed by atoms with van der Waals surface area (Å²) in [5.41, 5.74) is 3.09. The van der Waals surface area contributed by atoms with Gasteiger partial charge in [-0.2, -0.15) is 5.10 Å². The lowest BCUT2D eigenvalue weighted by Crippen LogP contribution is -2.08. The van der Waals surface area contributed by atoms with Gasteiger partial charge >= 0.3 is 0 Å². The second-order valence-corrected chi connectivity index (χ2v) is 6.65. The van der Waals surface area contributed by atoms with E-state index in [9.17, 15) is 10.1 Å². The highest BCUT2D eigenvalue weighted by Crippen LogP contribution is 2.26. The molecule has 0 saturated carbocycles. The molecule has 2 heterocycles. The van der Waals surface area contributed by atoms with Crippen LogP contribution in [0.4, 0.5) is 5.69 Å². The van der Waals surface area contributed by atoms with Gasteiger partial charge in [-0.15, -0.1) is 0 Å². The van der Waals surface area contributed by atoms with Gasteiger partial charge < -0.3 is 4.74 Å². The van der Waals surface area contributed by atoms with E-state index in [-0.39, 0.29) is 11.8 Å². The van der Waals surface area contributed by atoms with E-state index in [2.05, 4.69) is 10.1 Å². The Morgan fingerprint density at radius 2 is 2.11 bits per heavy atom. The average Bonchev–Trinajstić information content (AvgIpc) is 3.39. The summed E-state index contributed by atoms with van der Waals surface area (Å²) in [6.45, 7) is 1.40. The molecule has 1 aliphatic rings. The zero-order valence-electron chi connectivity index (χ0n) is 15.3. The Morgan fingerprint density at radius 3 is 2.86 bits per heavy atom. The van der Waals surface area contributed by atoms with E-state index < -0.39 is 4.92 Å². The number of aromatic nitrogens is 2. The first-order valence-electron chi connectivity index (χ1n) is 9.22. The number of nitro benzene ring substituents is 1. The van der Waals surface area contributed by atoms with Crippen molar-refractivity contribution in [2.24, 2.45) is 4.99 Å². The summed E-state index contributed by atoms with van der Waals surface area (Å²) in [5.74, 6) is 0. The number of nitrogens with zero attached hydrogens (tertiary/aromatic N) is 4. The lowest BCUT2D eigenvalue weighted by Gasteiger charge is -2.04. The third-order valence-corrected chi connectivity index (χ3v) is 4.66. The molecule has 0 amide bonds. The topological polar surface area (TPSA) is 82.5 Å². The number of nitro groups is 1. The summed E-state index contributed by atoms with van der Waals surface area (Å²) in [6.07, 6.45) is 5.94. The van der Waals surface area contributed by atoms with Gasteiger partial charge in [0.1, 0.15) is 5.69 Å². The molecule has 0 spiro atoms. The summed E-state index contributed by atoms with van der Waals surface area (Å²) in [4.78, 5) is 15.3. The molecule has 0 N–H and O–H groups in total. The summed E-state index contributed by atoms with van der Waals surface area (Å²) in [5, 5.41) is 15.8. The first-order valence-corrected chi connectivity index (χ1v) is 9.22.